The second-order valence-corrected chi connectivity index (χ2v) is 5.27. The number of rotatable bonds is 1. The molecule has 8 nitrogen and oxygen atoms in total. The van der Waals surface area contributed by atoms with Crippen molar-refractivity contribution in [3.8, 4) is 28.7 Å². The summed E-state index contributed by atoms with van der Waals surface area (Å²) in [5.74, 6) is -6.94. The highest BCUT2D eigenvalue weighted by molar-refractivity contribution is 6.33. The van der Waals surface area contributed by atoms with Gasteiger partial charge in [0, 0.05) is 12.1 Å². The molecule has 0 saturated carbocycles. The van der Waals surface area contributed by atoms with E-state index in [0.29, 0.717) is 6.07 Å². The van der Waals surface area contributed by atoms with Crippen molar-refractivity contribution in [2.75, 3.05) is 0 Å². The first-order valence-electron chi connectivity index (χ1n) is 6.64. The summed E-state index contributed by atoms with van der Waals surface area (Å²) >= 11 is 0. The van der Waals surface area contributed by atoms with Crippen LogP contribution >= 0.6 is 0 Å². The minimum Gasteiger partial charge on any atom is -0.507 e. The third kappa shape index (κ3) is 1.76. The fourth-order valence-corrected chi connectivity index (χ4v) is 2.81. The van der Waals surface area contributed by atoms with Gasteiger partial charge in [-0.2, -0.15) is 0 Å². The Bertz CT molecular complexity index is 971. The van der Waals surface area contributed by atoms with Crippen LogP contribution in [0.2, 0.25) is 0 Å². The maximum absolute atomic E-state index is 12.7. The lowest BCUT2D eigenvalue weighted by atomic mass is 9.79. The summed E-state index contributed by atoms with van der Waals surface area (Å²) in [5, 5.41) is 49.1. The molecule has 0 radical (unpaired) electrons. The summed E-state index contributed by atoms with van der Waals surface area (Å²) in [7, 11) is 0. The van der Waals surface area contributed by atoms with Crippen molar-refractivity contribution in [1.29, 1.82) is 0 Å². The molecule has 0 atom stereocenters. The summed E-state index contributed by atoms with van der Waals surface area (Å²) in [6.45, 7) is 1.04. The standard InChI is InChI=1S/C16H10O8/c1-4(17)9-5(18)2-6(19)10-12(9)16(24)13-11(15(10)23)7(20)3-8(21)14(13)22/h2-3,18-22H,1H3. The molecule has 1 aliphatic rings. The smallest absolute Gasteiger partial charge is 0.202 e. The predicted octanol–water partition coefficient (Wildman–Crippen LogP) is 1.19. The van der Waals surface area contributed by atoms with Gasteiger partial charge in [0.15, 0.2) is 23.1 Å². The van der Waals surface area contributed by atoms with Gasteiger partial charge in [-0.3, -0.25) is 14.4 Å². The molecule has 0 heterocycles. The van der Waals surface area contributed by atoms with Gasteiger partial charge in [-0.25, -0.2) is 0 Å². The maximum Gasteiger partial charge on any atom is 0.202 e. The first-order valence-corrected chi connectivity index (χ1v) is 6.64. The molecule has 2 aromatic carbocycles. The van der Waals surface area contributed by atoms with Crippen molar-refractivity contribution in [2.45, 2.75) is 6.92 Å². The number of benzene rings is 2. The topological polar surface area (TPSA) is 152 Å². The molecule has 0 fully saturated rings. The Hall–Kier alpha value is -3.55. The van der Waals surface area contributed by atoms with E-state index in [1.807, 2.05) is 0 Å². The quantitative estimate of drug-likeness (QED) is 0.253. The Morgan fingerprint density at radius 2 is 1.17 bits per heavy atom. The van der Waals surface area contributed by atoms with E-state index in [1.54, 1.807) is 0 Å². The summed E-state index contributed by atoms with van der Waals surface area (Å²) < 4.78 is 0. The fourth-order valence-electron chi connectivity index (χ4n) is 2.81. The van der Waals surface area contributed by atoms with Gasteiger partial charge in [-0.1, -0.05) is 0 Å². The monoisotopic (exact) mass is 330 g/mol. The first kappa shape index (κ1) is 15.3. The number of phenolic OH excluding ortho intramolecular Hbond substituents is 5. The number of phenols is 5. The average molecular weight is 330 g/mol. The molecule has 2 aromatic rings. The molecule has 0 spiro atoms. The molecule has 0 saturated heterocycles. The normalized spacial score (nSPS) is 12.7. The van der Waals surface area contributed by atoms with Crippen LogP contribution in [0.25, 0.3) is 0 Å². The number of carbonyl (C=O) groups excluding carboxylic acids is 3. The SMILES string of the molecule is CC(=O)c1c(O)cc(O)c2c1C(=O)c1c(O)c(O)cc(O)c1C2=O. The van der Waals surface area contributed by atoms with Crippen molar-refractivity contribution in [3.05, 3.63) is 39.9 Å². The molecule has 0 amide bonds. The van der Waals surface area contributed by atoms with E-state index in [0.717, 1.165) is 13.0 Å². The Morgan fingerprint density at radius 1 is 0.708 bits per heavy atom. The predicted molar refractivity (Wildman–Crippen MR) is 78.1 cm³/mol. The average Bonchev–Trinajstić information content (AvgIpc) is 2.47. The number of ketones is 3. The van der Waals surface area contributed by atoms with Crippen molar-refractivity contribution in [3.63, 3.8) is 0 Å². The van der Waals surface area contributed by atoms with E-state index in [4.69, 9.17) is 0 Å². The van der Waals surface area contributed by atoms with E-state index in [2.05, 4.69) is 0 Å². The minimum absolute atomic E-state index is 0.506. The molecule has 0 aromatic heterocycles. The van der Waals surface area contributed by atoms with Crippen LogP contribution in [0, 0.1) is 0 Å². The highest BCUT2D eigenvalue weighted by atomic mass is 16.3. The van der Waals surface area contributed by atoms with Gasteiger partial charge < -0.3 is 25.5 Å². The Balaban J connectivity index is 2.51. The van der Waals surface area contributed by atoms with Crippen LogP contribution in [-0.2, 0) is 0 Å². The van der Waals surface area contributed by atoms with Crippen molar-refractivity contribution < 1.29 is 39.9 Å². The van der Waals surface area contributed by atoms with Crippen molar-refractivity contribution in [2.24, 2.45) is 0 Å². The number of hydrogen-bond donors (Lipinski definition) is 5. The Morgan fingerprint density at radius 3 is 1.71 bits per heavy atom. The van der Waals surface area contributed by atoms with Crippen molar-refractivity contribution in [1.82, 2.24) is 0 Å². The number of hydrogen-bond acceptors (Lipinski definition) is 8. The van der Waals surface area contributed by atoms with Crippen LogP contribution < -0.4 is 0 Å². The number of fused-ring (bicyclic) bond motifs is 2. The van der Waals surface area contributed by atoms with E-state index >= 15 is 0 Å². The van der Waals surface area contributed by atoms with E-state index < -0.39 is 73.9 Å². The Labute approximate surface area is 133 Å². The van der Waals surface area contributed by atoms with Gasteiger partial charge in [-0.05, 0) is 6.92 Å². The fraction of sp³-hybridized carbons (Fsp3) is 0.0625. The third-order valence-electron chi connectivity index (χ3n) is 3.81. The second-order valence-electron chi connectivity index (χ2n) is 5.27. The molecule has 5 N–H and O–H groups in total. The molecule has 1 aliphatic carbocycles. The molecular formula is C16H10O8. The number of carbonyl (C=O) groups is 3. The first-order chi connectivity index (χ1) is 11.2. The van der Waals surface area contributed by atoms with Gasteiger partial charge in [-0.15, -0.1) is 0 Å². The van der Waals surface area contributed by atoms with E-state index in [-0.39, 0.29) is 0 Å². The van der Waals surface area contributed by atoms with Crippen LogP contribution in [-0.4, -0.2) is 42.9 Å². The number of aromatic hydroxyl groups is 5. The molecule has 122 valence electrons. The molecule has 0 unspecified atom stereocenters. The van der Waals surface area contributed by atoms with E-state index in [1.165, 1.54) is 0 Å². The zero-order valence-electron chi connectivity index (χ0n) is 12.1. The van der Waals surface area contributed by atoms with Gasteiger partial charge >= 0.3 is 0 Å². The minimum atomic E-state index is -1.10. The lowest BCUT2D eigenvalue weighted by Crippen LogP contribution is -2.24. The Kier molecular flexibility index (Phi) is 3.02. The summed E-state index contributed by atoms with van der Waals surface area (Å²) in [4.78, 5) is 37.1. The number of Topliss-reactive ketones (excluding diaryl/α,β-unsaturated/α-hetero) is 1. The molecule has 24 heavy (non-hydrogen) atoms. The third-order valence-corrected chi connectivity index (χ3v) is 3.81. The highest BCUT2D eigenvalue weighted by Gasteiger charge is 2.40. The largest absolute Gasteiger partial charge is 0.507 e. The van der Waals surface area contributed by atoms with Gasteiger partial charge in [0.1, 0.15) is 17.2 Å². The molecule has 3 rings (SSSR count). The molecule has 8 heteroatoms. The van der Waals surface area contributed by atoms with Crippen LogP contribution in [0.1, 0.15) is 49.1 Å². The van der Waals surface area contributed by atoms with Crippen LogP contribution in [0.4, 0.5) is 0 Å². The highest BCUT2D eigenvalue weighted by Crippen LogP contribution is 2.46. The zero-order valence-corrected chi connectivity index (χ0v) is 12.1. The van der Waals surface area contributed by atoms with E-state index in [9.17, 15) is 39.9 Å². The summed E-state index contributed by atoms with van der Waals surface area (Å²) in [6.07, 6.45) is 0. The van der Waals surface area contributed by atoms with Gasteiger partial charge in [0.25, 0.3) is 0 Å². The molecule has 0 aliphatic heterocycles. The van der Waals surface area contributed by atoms with Gasteiger partial charge in [0.05, 0.1) is 27.8 Å². The van der Waals surface area contributed by atoms with Gasteiger partial charge in [0.2, 0.25) is 5.78 Å². The zero-order chi connectivity index (χ0) is 17.9. The second kappa shape index (κ2) is 4.72. The summed E-state index contributed by atoms with van der Waals surface area (Å²) in [6, 6.07) is 1.41. The van der Waals surface area contributed by atoms with Crippen LogP contribution in [0.15, 0.2) is 12.1 Å². The lowest BCUT2D eigenvalue weighted by molar-refractivity contribution is 0.0959. The lowest BCUT2D eigenvalue weighted by Gasteiger charge is -2.22. The molecular weight excluding hydrogens is 320 g/mol. The maximum atomic E-state index is 12.7. The molecule has 0 bridgehead atoms. The van der Waals surface area contributed by atoms with Crippen molar-refractivity contribution >= 4 is 17.3 Å². The summed E-state index contributed by atoms with van der Waals surface area (Å²) in [5.41, 5.74) is -3.00. The van der Waals surface area contributed by atoms with Crippen LogP contribution in [0.5, 0.6) is 28.7 Å². The van der Waals surface area contributed by atoms with Crippen LogP contribution in [0.3, 0.4) is 0 Å².